The van der Waals surface area contributed by atoms with E-state index in [-0.39, 0.29) is 17.9 Å². The Balaban J connectivity index is 2.20. The van der Waals surface area contributed by atoms with Crippen molar-refractivity contribution in [2.24, 2.45) is 5.92 Å². The van der Waals surface area contributed by atoms with Crippen LogP contribution in [0.1, 0.15) is 37.0 Å². The third-order valence-corrected chi connectivity index (χ3v) is 4.24. The highest BCUT2D eigenvalue weighted by molar-refractivity contribution is 6.31. The summed E-state index contributed by atoms with van der Waals surface area (Å²) in [5.74, 6) is 0.142. The molecule has 1 fully saturated rings. The van der Waals surface area contributed by atoms with Gasteiger partial charge in [0.25, 0.3) is 5.91 Å². The second kappa shape index (κ2) is 7.14. The quantitative estimate of drug-likeness (QED) is 0.899. The molecule has 1 amide bonds. The Morgan fingerprint density at radius 2 is 2.33 bits per heavy atom. The number of benzene rings is 1. The number of amides is 1. The van der Waals surface area contributed by atoms with E-state index >= 15 is 0 Å². The Morgan fingerprint density at radius 3 is 3.00 bits per heavy atom. The lowest BCUT2D eigenvalue weighted by atomic mass is 9.93. The number of aliphatic hydroxyl groups is 1. The van der Waals surface area contributed by atoms with Crippen LogP contribution in [0.4, 0.5) is 5.69 Å². The molecule has 0 bridgehead atoms. The molecule has 1 heterocycles. The molecule has 0 aliphatic carbocycles. The smallest absolute Gasteiger partial charge is 0.256 e. The molecule has 1 aromatic carbocycles. The van der Waals surface area contributed by atoms with Crippen molar-refractivity contribution in [3.05, 3.63) is 28.8 Å². The predicted octanol–water partition coefficient (Wildman–Crippen LogP) is 3.00. The molecule has 1 saturated heterocycles. The Labute approximate surface area is 131 Å². The number of likely N-dealkylation sites (tertiary alicyclic amines) is 1. The van der Waals surface area contributed by atoms with Gasteiger partial charge in [-0.25, -0.2) is 0 Å². The van der Waals surface area contributed by atoms with Crippen molar-refractivity contribution in [2.45, 2.75) is 32.8 Å². The number of aliphatic hydroxyl groups excluding tert-OH is 1. The third-order valence-electron chi connectivity index (χ3n) is 4.01. The highest BCUT2D eigenvalue weighted by Gasteiger charge is 2.28. The first-order valence-electron chi connectivity index (χ1n) is 7.53. The summed E-state index contributed by atoms with van der Waals surface area (Å²) in [4.78, 5) is 14.6. The van der Waals surface area contributed by atoms with E-state index in [1.54, 1.807) is 19.1 Å². The van der Waals surface area contributed by atoms with Gasteiger partial charge < -0.3 is 15.3 Å². The fraction of sp³-hybridized carbons (Fsp3) is 0.562. The molecule has 0 aromatic heterocycles. The van der Waals surface area contributed by atoms with E-state index in [0.29, 0.717) is 17.1 Å². The zero-order chi connectivity index (χ0) is 15.4. The van der Waals surface area contributed by atoms with Crippen molar-refractivity contribution in [1.29, 1.82) is 0 Å². The third kappa shape index (κ3) is 3.89. The molecule has 1 aliphatic rings. The van der Waals surface area contributed by atoms with Crippen LogP contribution in [-0.2, 0) is 0 Å². The van der Waals surface area contributed by atoms with Crippen LogP contribution in [-0.4, -0.2) is 41.7 Å². The lowest BCUT2D eigenvalue weighted by molar-refractivity contribution is 0.0467. The van der Waals surface area contributed by atoms with Crippen LogP contribution in [0.5, 0.6) is 0 Å². The van der Waals surface area contributed by atoms with Gasteiger partial charge in [-0.1, -0.05) is 11.6 Å². The van der Waals surface area contributed by atoms with E-state index < -0.39 is 0 Å². The number of carbonyl (C=O) groups is 1. The van der Waals surface area contributed by atoms with Crippen molar-refractivity contribution in [2.75, 3.05) is 25.0 Å². The molecular weight excluding hydrogens is 288 g/mol. The molecule has 5 heteroatoms. The summed E-state index contributed by atoms with van der Waals surface area (Å²) < 4.78 is 0. The number of hydrogen-bond acceptors (Lipinski definition) is 3. The highest BCUT2D eigenvalue weighted by Crippen LogP contribution is 2.26. The summed E-state index contributed by atoms with van der Waals surface area (Å²) in [6.45, 7) is 5.88. The maximum atomic E-state index is 12.8. The molecule has 21 heavy (non-hydrogen) atoms. The zero-order valence-electron chi connectivity index (χ0n) is 12.6. The minimum Gasteiger partial charge on any atom is -0.393 e. The molecule has 4 nitrogen and oxygen atoms in total. The minimum atomic E-state index is -0.381. The maximum Gasteiger partial charge on any atom is 0.256 e. The van der Waals surface area contributed by atoms with Gasteiger partial charge >= 0.3 is 0 Å². The van der Waals surface area contributed by atoms with Crippen LogP contribution in [0.2, 0.25) is 5.02 Å². The van der Waals surface area contributed by atoms with E-state index in [4.69, 9.17) is 11.6 Å². The fourth-order valence-electron chi connectivity index (χ4n) is 2.80. The van der Waals surface area contributed by atoms with Crippen molar-refractivity contribution >= 4 is 23.2 Å². The van der Waals surface area contributed by atoms with Crippen molar-refractivity contribution in [1.82, 2.24) is 4.90 Å². The summed E-state index contributed by atoms with van der Waals surface area (Å²) in [6, 6.07) is 5.34. The van der Waals surface area contributed by atoms with Crippen molar-refractivity contribution in [3.63, 3.8) is 0 Å². The number of hydrogen-bond donors (Lipinski definition) is 2. The molecule has 0 radical (unpaired) electrons. The molecule has 2 rings (SSSR count). The SMILES string of the molecule is CCNc1ccc(Cl)cc1C(=O)N1CCC[C@@H]([C@H](C)O)C1. The Kier molecular flexibility index (Phi) is 5.48. The van der Waals surface area contributed by atoms with Crippen LogP contribution in [0.25, 0.3) is 0 Å². The molecule has 1 aliphatic heterocycles. The molecule has 1 aromatic rings. The van der Waals surface area contributed by atoms with E-state index in [1.807, 2.05) is 17.9 Å². The average molecular weight is 311 g/mol. The largest absolute Gasteiger partial charge is 0.393 e. The number of anilines is 1. The topological polar surface area (TPSA) is 52.6 Å². The van der Waals surface area contributed by atoms with Gasteiger partial charge in [0.2, 0.25) is 0 Å². The summed E-state index contributed by atoms with van der Waals surface area (Å²) >= 11 is 6.04. The summed E-state index contributed by atoms with van der Waals surface area (Å²) in [6.07, 6.45) is 1.52. The minimum absolute atomic E-state index is 0.0150. The van der Waals surface area contributed by atoms with Crippen molar-refractivity contribution in [3.8, 4) is 0 Å². The van der Waals surface area contributed by atoms with Crippen LogP contribution in [0.3, 0.4) is 0 Å². The van der Waals surface area contributed by atoms with Crippen LogP contribution in [0, 0.1) is 5.92 Å². The van der Waals surface area contributed by atoms with Gasteiger partial charge in [0.15, 0.2) is 0 Å². The molecular formula is C16H23ClN2O2. The molecule has 2 atom stereocenters. The van der Waals surface area contributed by atoms with E-state index in [0.717, 1.165) is 31.6 Å². The van der Waals surface area contributed by atoms with Gasteiger partial charge in [-0.15, -0.1) is 0 Å². The van der Waals surface area contributed by atoms with Crippen molar-refractivity contribution < 1.29 is 9.90 Å². The predicted molar refractivity (Wildman–Crippen MR) is 85.9 cm³/mol. The highest BCUT2D eigenvalue weighted by atomic mass is 35.5. The molecule has 0 unspecified atom stereocenters. The van der Waals surface area contributed by atoms with E-state index in [1.165, 1.54) is 0 Å². The van der Waals surface area contributed by atoms with Gasteiger partial charge in [-0.2, -0.15) is 0 Å². The standard InChI is InChI=1S/C16H23ClN2O2/c1-3-18-15-7-6-13(17)9-14(15)16(21)19-8-4-5-12(10-19)11(2)20/h6-7,9,11-12,18,20H,3-5,8,10H2,1-2H3/t11-,12+/m0/s1. The summed E-state index contributed by atoms with van der Waals surface area (Å²) in [5.41, 5.74) is 1.42. The first kappa shape index (κ1) is 16.1. The number of rotatable bonds is 4. The summed E-state index contributed by atoms with van der Waals surface area (Å²) in [7, 11) is 0. The van der Waals surface area contributed by atoms with Gasteiger partial charge in [-0.05, 0) is 44.9 Å². The number of carbonyl (C=O) groups excluding carboxylic acids is 1. The Morgan fingerprint density at radius 1 is 1.57 bits per heavy atom. The van der Waals surface area contributed by atoms with Gasteiger partial charge in [0.05, 0.1) is 11.7 Å². The van der Waals surface area contributed by atoms with Crippen LogP contribution >= 0.6 is 11.6 Å². The average Bonchev–Trinajstić information content (AvgIpc) is 2.48. The van der Waals surface area contributed by atoms with Gasteiger partial charge in [0, 0.05) is 36.3 Å². The lowest BCUT2D eigenvalue weighted by Gasteiger charge is -2.34. The molecule has 0 saturated carbocycles. The molecule has 116 valence electrons. The maximum absolute atomic E-state index is 12.8. The summed E-state index contributed by atoms with van der Waals surface area (Å²) in [5, 5.41) is 13.5. The van der Waals surface area contributed by atoms with Crippen LogP contribution < -0.4 is 5.32 Å². The van der Waals surface area contributed by atoms with Gasteiger partial charge in [0.1, 0.15) is 0 Å². The molecule has 0 spiro atoms. The zero-order valence-corrected chi connectivity index (χ0v) is 13.4. The normalized spacial score (nSPS) is 20.2. The second-order valence-electron chi connectivity index (χ2n) is 5.61. The first-order valence-corrected chi connectivity index (χ1v) is 7.91. The molecule has 2 N–H and O–H groups in total. The van der Waals surface area contributed by atoms with Crippen LogP contribution in [0.15, 0.2) is 18.2 Å². The number of nitrogens with zero attached hydrogens (tertiary/aromatic N) is 1. The monoisotopic (exact) mass is 310 g/mol. The van der Waals surface area contributed by atoms with E-state index in [9.17, 15) is 9.90 Å². The second-order valence-corrected chi connectivity index (χ2v) is 6.05. The number of nitrogens with one attached hydrogen (secondary N) is 1. The Hall–Kier alpha value is -1.26. The Bertz CT molecular complexity index is 505. The first-order chi connectivity index (χ1) is 10.0. The number of piperidine rings is 1. The fourth-order valence-corrected chi connectivity index (χ4v) is 2.97. The van der Waals surface area contributed by atoms with E-state index in [2.05, 4.69) is 5.32 Å². The number of halogens is 1. The van der Waals surface area contributed by atoms with Gasteiger partial charge in [-0.3, -0.25) is 4.79 Å². The lowest BCUT2D eigenvalue weighted by Crippen LogP contribution is -2.43.